The van der Waals surface area contributed by atoms with Gasteiger partial charge in [-0.25, -0.2) is 4.39 Å². The van der Waals surface area contributed by atoms with E-state index in [1.54, 1.807) is 12.1 Å². The minimum absolute atomic E-state index is 0.0961. The van der Waals surface area contributed by atoms with Crippen molar-refractivity contribution in [2.75, 3.05) is 0 Å². The number of nitrogens with zero attached hydrogens (tertiary/aromatic N) is 1. The Morgan fingerprint density at radius 1 is 1.21 bits per heavy atom. The Balaban J connectivity index is 1.89. The Morgan fingerprint density at radius 2 is 1.95 bits per heavy atom. The lowest BCUT2D eigenvalue weighted by Crippen LogP contribution is -2.19. The molecule has 0 spiro atoms. The fourth-order valence-corrected chi connectivity index (χ4v) is 3.23. The van der Waals surface area contributed by atoms with Crippen LogP contribution in [0.1, 0.15) is 29.7 Å². The maximum atomic E-state index is 14.0. The van der Waals surface area contributed by atoms with Crippen LogP contribution in [0.2, 0.25) is 0 Å². The molecule has 2 aromatic carbocycles. The van der Waals surface area contributed by atoms with E-state index in [-0.39, 0.29) is 11.9 Å². The molecule has 0 N–H and O–H groups in total. The number of hydrogen-bond acceptors (Lipinski definition) is 1. The summed E-state index contributed by atoms with van der Waals surface area (Å²) in [7, 11) is 0. The molecule has 1 unspecified atom stereocenters. The van der Waals surface area contributed by atoms with E-state index in [9.17, 15) is 4.39 Å². The van der Waals surface area contributed by atoms with Gasteiger partial charge in [0.15, 0.2) is 0 Å². The van der Waals surface area contributed by atoms with Crippen LogP contribution in [0.25, 0.3) is 0 Å². The van der Waals surface area contributed by atoms with Crippen LogP contribution in [0.15, 0.2) is 46.9 Å². The molecule has 1 atom stereocenters. The zero-order valence-corrected chi connectivity index (χ0v) is 12.3. The molecule has 1 aliphatic rings. The Kier molecular flexibility index (Phi) is 3.42. The van der Waals surface area contributed by atoms with E-state index in [1.807, 2.05) is 18.2 Å². The molecule has 0 fully saturated rings. The Labute approximate surface area is 121 Å². The summed E-state index contributed by atoms with van der Waals surface area (Å²) >= 11 is 3.53. The highest BCUT2D eigenvalue weighted by Gasteiger charge is 2.30. The third kappa shape index (κ3) is 2.33. The van der Waals surface area contributed by atoms with Crippen molar-refractivity contribution in [1.29, 1.82) is 0 Å². The second-order valence-corrected chi connectivity index (χ2v) is 5.84. The van der Waals surface area contributed by atoms with Crippen LogP contribution in [0, 0.1) is 5.82 Å². The number of fused-ring (bicyclic) bond motifs is 1. The smallest absolute Gasteiger partial charge is 0.128 e. The van der Waals surface area contributed by atoms with Gasteiger partial charge in [-0.05, 0) is 30.2 Å². The predicted molar refractivity (Wildman–Crippen MR) is 78.2 cm³/mol. The van der Waals surface area contributed by atoms with Gasteiger partial charge in [-0.1, -0.05) is 46.3 Å². The van der Waals surface area contributed by atoms with Crippen LogP contribution in [-0.2, 0) is 13.1 Å². The Hall–Kier alpha value is -1.19. The molecule has 19 heavy (non-hydrogen) atoms. The normalized spacial score (nSPS) is 18.6. The minimum Gasteiger partial charge on any atom is -0.288 e. The predicted octanol–water partition coefficient (Wildman–Crippen LogP) is 4.67. The molecule has 98 valence electrons. The van der Waals surface area contributed by atoms with Gasteiger partial charge >= 0.3 is 0 Å². The molecule has 1 aliphatic heterocycles. The van der Waals surface area contributed by atoms with Gasteiger partial charge < -0.3 is 0 Å². The molecule has 1 heterocycles. The third-order valence-corrected chi connectivity index (χ3v) is 4.54. The highest BCUT2D eigenvalue weighted by atomic mass is 79.9. The lowest BCUT2D eigenvalue weighted by molar-refractivity contribution is 0.217. The van der Waals surface area contributed by atoms with Gasteiger partial charge in [-0.2, -0.15) is 0 Å². The largest absolute Gasteiger partial charge is 0.288 e. The van der Waals surface area contributed by atoms with Gasteiger partial charge in [-0.15, -0.1) is 0 Å². The van der Waals surface area contributed by atoms with E-state index in [0.717, 1.165) is 28.7 Å². The second-order valence-electron chi connectivity index (χ2n) is 4.99. The molecule has 0 bridgehead atoms. The van der Waals surface area contributed by atoms with Gasteiger partial charge in [0.25, 0.3) is 0 Å². The lowest BCUT2D eigenvalue weighted by Gasteiger charge is -2.21. The number of rotatable bonds is 2. The molecule has 3 heteroatoms. The fourth-order valence-electron chi connectivity index (χ4n) is 2.76. The van der Waals surface area contributed by atoms with Crippen molar-refractivity contribution in [1.82, 2.24) is 4.90 Å². The van der Waals surface area contributed by atoms with Crippen molar-refractivity contribution in [3.8, 4) is 0 Å². The van der Waals surface area contributed by atoms with E-state index >= 15 is 0 Å². The molecule has 0 aliphatic carbocycles. The van der Waals surface area contributed by atoms with Crippen LogP contribution < -0.4 is 0 Å². The van der Waals surface area contributed by atoms with Crippen molar-refractivity contribution >= 4 is 15.9 Å². The molecule has 0 aromatic heterocycles. The van der Waals surface area contributed by atoms with E-state index in [2.05, 4.69) is 39.9 Å². The first-order valence-electron chi connectivity index (χ1n) is 6.41. The van der Waals surface area contributed by atoms with Crippen LogP contribution >= 0.6 is 15.9 Å². The summed E-state index contributed by atoms with van der Waals surface area (Å²) in [5.41, 5.74) is 3.19. The first kappa shape index (κ1) is 12.8. The standard InChI is InChI=1S/C16H15BrFN/c1-11-16-13(14(17)7-8-15(16)18)10-19(11)9-12-5-3-2-4-6-12/h2-8,11H,9-10H2,1H3. The van der Waals surface area contributed by atoms with Gasteiger partial charge in [-0.3, -0.25) is 4.90 Å². The van der Waals surface area contributed by atoms with Crippen molar-refractivity contribution in [3.05, 3.63) is 69.4 Å². The average Bonchev–Trinajstić information content (AvgIpc) is 2.74. The number of hydrogen-bond donors (Lipinski definition) is 0. The molecular formula is C16H15BrFN. The van der Waals surface area contributed by atoms with E-state index in [0.29, 0.717) is 0 Å². The van der Waals surface area contributed by atoms with Gasteiger partial charge in [0.1, 0.15) is 5.82 Å². The quantitative estimate of drug-likeness (QED) is 0.777. The van der Waals surface area contributed by atoms with Crippen LogP contribution in [0.4, 0.5) is 4.39 Å². The SMILES string of the molecule is CC1c2c(F)ccc(Br)c2CN1Cc1ccccc1. The topological polar surface area (TPSA) is 3.24 Å². The Morgan fingerprint density at radius 3 is 2.63 bits per heavy atom. The van der Waals surface area contributed by atoms with Crippen molar-refractivity contribution in [2.45, 2.75) is 26.1 Å². The summed E-state index contributed by atoms with van der Waals surface area (Å²) in [6.45, 7) is 3.72. The molecule has 0 amide bonds. The summed E-state index contributed by atoms with van der Waals surface area (Å²) in [5, 5.41) is 0. The monoisotopic (exact) mass is 319 g/mol. The molecule has 0 saturated heterocycles. The minimum atomic E-state index is -0.0961. The fraction of sp³-hybridized carbons (Fsp3) is 0.250. The van der Waals surface area contributed by atoms with E-state index in [4.69, 9.17) is 0 Å². The summed E-state index contributed by atoms with van der Waals surface area (Å²) in [5.74, 6) is -0.0961. The number of benzene rings is 2. The van der Waals surface area contributed by atoms with Crippen molar-refractivity contribution in [2.24, 2.45) is 0 Å². The highest BCUT2D eigenvalue weighted by molar-refractivity contribution is 9.10. The number of halogens is 2. The highest BCUT2D eigenvalue weighted by Crippen LogP contribution is 2.39. The van der Waals surface area contributed by atoms with Crippen LogP contribution in [0.3, 0.4) is 0 Å². The summed E-state index contributed by atoms with van der Waals surface area (Å²) in [4.78, 5) is 2.30. The average molecular weight is 320 g/mol. The summed E-state index contributed by atoms with van der Waals surface area (Å²) in [6, 6.07) is 13.8. The van der Waals surface area contributed by atoms with Gasteiger partial charge in [0.2, 0.25) is 0 Å². The maximum Gasteiger partial charge on any atom is 0.128 e. The first-order chi connectivity index (χ1) is 9.16. The molecule has 1 nitrogen and oxygen atoms in total. The molecule has 3 rings (SSSR count). The zero-order chi connectivity index (χ0) is 13.4. The lowest BCUT2D eigenvalue weighted by atomic mass is 10.1. The van der Waals surface area contributed by atoms with Crippen LogP contribution in [0.5, 0.6) is 0 Å². The Bertz CT molecular complexity index is 597. The van der Waals surface area contributed by atoms with Crippen molar-refractivity contribution < 1.29 is 4.39 Å². The third-order valence-electron chi connectivity index (χ3n) is 3.80. The molecule has 2 aromatic rings. The molecular weight excluding hydrogens is 305 g/mol. The molecule has 0 saturated carbocycles. The second kappa shape index (κ2) is 5.06. The first-order valence-corrected chi connectivity index (χ1v) is 7.21. The zero-order valence-electron chi connectivity index (χ0n) is 10.7. The summed E-state index contributed by atoms with van der Waals surface area (Å²) in [6.07, 6.45) is 0. The van der Waals surface area contributed by atoms with E-state index in [1.165, 1.54) is 5.56 Å². The maximum absolute atomic E-state index is 14.0. The molecule has 0 radical (unpaired) electrons. The van der Waals surface area contributed by atoms with Crippen molar-refractivity contribution in [3.63, 3.8) is 0 Å². The summed E-state index contributed by atoms with van der Waals surface area (Å²) < 4.78 is 15.0. The van der Waals surface area contributed by atoms with Crippen LogP contribution in [-0.4, -0.2) is 4.90 Å². The van der Waals surface area contributed by atoms with Gasteiger partial charge in [0, 0.05) is 29.2 Å². The van der Waals surface area contributed by atoms with Gasteiger partial charge in [0.05, 0.1) is 0 Å². The van der Waals surface area contributed by atoms with E-state index < -0.39 is 0 Å².